The fourth-order valence-corrected chi connectivity index (χ4v) is 3.75. The highest BCUT2D eigenvalue weighted by Gasteiger charge is 2.43. The number of urea groups is 1. The van der Waals surface area contributed by atoms with E-state index in [1.54, 1.807) is 0 Å². The first-order chi connectivity index (χ1) is 12.2. The monoisotopic (exact) mass is 360 g/mol. The van der Waals surface area contributed by atoms with Crippen LogP contribution >= 0.6 is 11.3 Å². The molecular weight excluding hydrogens is 344 g/mol. The lowest BCUT2D eigenvalue weighted by Gasteiger charge is -2.31. The second-order valence-electron chi connectivity index (χ2n) is 5.77. The van der Waals surface area contributed by atoms with Gasteiger partial charge in [-0.2, -0.15) is 4.98 Å². The molecule has 25 heavy (non-hydrogen) atoms. The molecule has 0 fully saturated rings. The lowest BCUT2D eigenvalue weighted by molar-refractivity contribution is -0.136. The van der Waals surface area contributed by atoms with Crippen molar-refractivity contribution in [1.29, 1.82) is 0 Å². The lowest BCUT2D eigenvalue weighted by Crippen LogP contribution is -2.46. The predicted octanol–water partition coefficient (Wildman–Crippen LogP) is 2.16. The summed E-state index contributed by atoms with van der Waals surface area (Å²) in [6.07, 6.45) is 1.62. The number of rotatable bonds is 5. The molecule has 2 aromatic rings. The Hall–Kier alpha value is -2.68. The Morgan fingerprint density at radius 2 is 2.32 bits per heavy atom. The van der Waals surface area contributed by atoms with Gasteiger partial charge in [0.15, 0.2) is 5.82 Å². The first kappa shape index (κ1) is 15.8. The molecule has 0 unspecified atom stereocenters. The van der Waals surface area contributed by atoms with E-state index in [-0.39, 0.29) is 19.2 Å². The van der Waals surface area contributed by atoms with Gasteiger partial charge in [0, 0.05) is 11.3 Å². The molecule has 0 saturated carbocycles. The molecule has 130 valence electrons. The van der Waals surface area contributed by atoms with Gasteiger partial charge in [0.2, 0.25) is 5.89 Å². The molecule has 0 bridgehead atoms. The first-order valence-corrected chi connectivity index (χ1v) is 8.88. The van der Waals surface area contributed by atoms with E-state index in [4.69, 9.17) is 9.26 Å². The topological polar surface area (TPSA) is 97.6 Å². The van der Waals surface area contributed by atoms with E-state index in [1.807, 2.05) is 24.4 Å². The van der Waals surface area contributed by atoms with E-state index in [2.05, 4.69) is 15.5 Å². The Bertz CT molecular complexity index is 842. The zero-order chi connectivity index (χ0) is 17.4. The molecule has 1 atom stereocenters. The summed E-state index contributed by atoms with van der Waals surface area (Å²) in [5.41, 5.74) is 1.03. The number of thiophene rings is 1. The van der Waals surface area contributed by atoms with E-state index in [0.29, 0.717) is 29.4 Å². The minimum Gasteiger partial charge on any atom is -0.456 e. The summed E-state index contributed by atoms with van der Waals surface area (Å²) in [6.45, 7) is 2.20. The Morgan fingerprint density at radius 3 is 3.08 bits per heavy atom. The highest BCUT2D eigenvalue weighted by atomic mass is 32.1. The van der Waals surface area contributed by atoms with Crippen molar-refractivity contribution in [2.45, 2.75) is 32.4 Å². The molecule has 0 aromatic carbocycles. The van der Waals surface area contributed by atoms with Gasteiger partial charge in [-0.15, -0.1) is 11.3 Å². The Kier molecular flexibility index (Phi) is 4.00. The van der Waals surface area contributed by atoms with E-state index in [9.17, 15) is 9.59 Å². The molecular formula is C16H16N4O4S. The number of carbonyl (C=O) groups is 2. The number of cyclic esters (lactones) is 1. The van der Waals surface area contributed by atoms with Gasteiger partial charge in [0.1, 0.15) is 13.2 Å². The third kappa shape index (κ3) is 2.80. The zero-order valence-corrected chi connectivity index (χ0v) is 14.3. The number of hydrogen-bond acceptors (Lipinski definition) is 7. The maximum atomic E-state index is 12.6. The molecule has 9 heteroatoms. The van der Waals surface area contributed by atoms with Crippen LogP contribution in [0.5, 0.6) is 0 Å². The summed E-state index contributed by atoms with van der Waals surface area (Å²) in [5, 5.41) is 8.67. The van der Waals surface area contributed by atoms with E-state index >= 15 is 0 Å². The summed E-state index contributed by atoms with van der Waals surface area (Å²) < 4.78 is 10.4. The third-order valence-corrected chi connectivity index (χ3v) is 5.04. The van der Waals surface area contributed by atoms with Gasteiger partial charge in [-0.3, -0.25) is 4.90 Å². The Balaban J connectivity index is 1.65. The molecule has 0 spiro atoms. The molecule has 4 rings (SSSR count). The van der Waals surface area contributed by atoms with Crippen molar-refractivity contribution in [3.8, 4) is 0 Å². The summed E-state index contributed by atoms with van der Waals surface area (Å²) in [6, 6.07) is 2.97. The third-order valence-electron chi connectivity index (χ3n) is 4.10. The smallest absolute Gasteiger partial charge is 0.338 e. The average molecular weight is 360 g/mol. The Labute approximate surface area is 147 Å². The molecule has 2 aliphatic rings. The van der Waals surface area contributed by atoms with Crippen molar-refractivity contribution >= 4 is 23.3 Å². The SMILES string of the molecule is CCCc1noc(CN2C(=O)N[C@H](c3cccs3)C3=C2COC3=O)n1. The molecule has 4 heterocycles. The van der Waals surface area contributed by atoms with Gasteiger partial charge in [0.25, 0.3) is 0 Å². The predicted molar refractivity (Wildman–Crippen MR) is 87.4 cm³/mol. The minimum absolute atomic E-state index is 0.0689. The van der Waals surface area contributed by atoms with Crippen LogP contribution in [0, 0.1) is 0 Å². The van der Waals surface area contributed by atoms with Crippen molar-refractivity contribution in [2.24, 2.45) is 0 Å². The number of nitrogens with zero attached hydrogens (tertiary/aromatic N) is 3. The molecule has 8 nitrogen and oxygen atoms in total. The number of hydrogen-bond donors (Lipinski definition) is 1. The van der Waals surface area contributed by atoms with Crippen LogP contribution in [0.4, 0.5) is 4.79 Å². The van der Waals surface area contributed by atoms with Crippen molar-refractivity contribution in [2.75, 3.05) is 6.61 Å². The highest BCUT2D eigenvalue weighted by molar-refractivity contribution is 7.10. The summed E-state index contributed by atoms with van der Waals surface area (Å²) in [4.78, 5) is 31.4. The fraction of sp³-hybridized carbons (Fsp3) is 0.375. The van der Waals surface area contributed by atoms with E-state index in [0.717, 1.165) is 11.3 Å². The number of aryl methyl sites for hydroxylation is 1. The average Bonchev–Trinajstić information content (AvgIpc) is 3.32. The fourth-order valence-electron chi connectivity index (χ4n) is 2.96. The van der Waals surface area contributed by atoms with Crippen molar-refractivity contribution in [3.05, 3.63) is 45.4 Å². The molecule has 0 radical (unpaired) electrons. The van der Waals surface area contributed by atoms with Crippen LogP contribution in [0.2, 0.25) is 0 Å². The number of ether oxygens (including phenoxy) is 1. The maximum Gasteiger partial charge on any atom is 0.338 e. The quantitative estimate of drug-likeness (QED) is 0.821. The summed E-state index contributed by atoms with van der Waals surface area (Å²) in [5.74, 6) is 0.536. The van der Waals surface area contributed by atoms with Crippen LogP contribution < -0.4 is 5.32 Å². The van der Waals surface area contributed by atoms with Crippen LogP contribution in [0.25, 0.3) is 0 Å². The normalized spacial score (nSPS) is 19.9. The standard InChI is InChI=1S/C16H16N4O4S/c1-2-4-11-17-12(24-19-11)7-20-9-8-23-15(21)13(9)14(18-16(20)22)10-5-3-6-25-10/h3,5-6,14H,2,4,7-8H2,1H3,(H,18,22)/t14-/m1/s1. The largest absolute Gasteiger partial charge is 0.456 e. The molecule has 1 N–H and O–H groups in total. The van der Waals surface area contributed by atoms with E-state index in [1.165, 1.54) is 16.2 Å². The van der Waals surface area contributed by atoms with Crippen LogP contribution in [-0.4, -0.2) is 33.6 Å². The lowest BCUT2D eigenvalue weighted by atomic mass is 10.0. The number of esters is 1. The van der Waals surface area contributed by atoms with Crippen molar-refractivity contribution in [1.82, 2.24) is 20.4 Å². The van der Waals surface area contributed by atoms with Crippen molar-refractivity contribution in [3.63, 3.8) is 0 Å². The molecule has 0 saturated heterocycles. The maximum absolute atomic E-state index is 12.6. The highest BCUT2D eigenvalue weighted by Crippen LogP contribution is 2.37. The number of aromatic nitrogens is 2. The first-order valence-electron chi connectivity index (χ1n) is 8.00. The number of nitrogens with one attached hydrogen (secondary N) is 1. The molecule has 2 aliphatic heterocycles. The van der Waals surface area contributed by atoms with Crippen molar-refractivity contribution < 1.29 is 18.8 Å². The second kappa shape index (κ2) is 6.32. The Morgan fingerprint density at radius 1 is 1.44 bits per heavy atom. The van der Waals surface area contributed by atoms with Gasteiger partial charge in [-0.1, -0.05) is 18.1 Å². The van der Waals surface area contributed by atoms with Crippen LogP contribution in [0.3, 0.4) is 0 Å². The van der Waals surface area contributed by atoms with Crippen LogP contribution in [0.15, 0.2) is 33.3 Å². The van der Waals surface area contributed by atoms with E-state index < -0.39 is 12.0 Å². The molecule has 0 aliphatic carbocycles. The van der Waals surface area contributed by atoms with Crippen LogP contribution in [0.1, 0.15) is 36.0 Å². The molecule has 2 amide bonds. The van der Waals surface area contributed by atoms with Gasteiger partial charge in [-0.05, 0) is 17.9 Å². The minimum atomic E-state index is -0.480. The summed E-state index contributed by atoms with van der Waals surface area (Å²) >= 11 is 1.48. The number of amides is 2. The van der Waals surface area contributed by atoms with Gasteiger partial charge in [-0.25, -0.2) is 9.59 Å². The second-order valence-corrected chi connectivity index (χ2v) is 6.75. The van der Waals surface area contributed by atoms with Gasteiger partial charge < -0.3 is 14.6 Å². The van der Waals surface area contributed by atoms with Gasteiger partial charge in [0.05, 0.1) is 17.3 Å². The number of carbonyl (C=O) groups excluding carboxylic acids is 2. The zero-order valence-electron chi connectivity index (χ0n) is 13.5. The molecule has 2 aromatic heterocycles. The summed E-state index contributed by atoms with van der Waals surface area (Å²) in [7, 11) is 0. The van der Waals surface area contributed by atoms with Crippen LogP contribution in [-0.2, 0) is 22.5 Å². The van der Waals surface area contributed by atoms with Gasteiger partial charge >= 0.3 is 12.0 Å².